The number of anilines is 1. The Hall–Kier alpha value is -3.56. The Morgan fingerprint density at radius 2 is 1.90 bits per heavy atom. The molecule has 0 bridgehead atoms. The number of rotatable bonds is 4. The van der Waals surface area contributed by atoms with Gasteiger partial charge in [0.2, 0.25) is 5.91 Å². The summed E-state index contributed by atoms with van der Waals surface area (Å²) in [6, 6.07) is 11.6. The van der Waals surface area contributed by atoms with E-state index >= 15 is 0 Å². The molecule has 2 aliphatic heterocycles. The van der Waals surface area contributed by atoms with Crippen molar-refractivity contribution in [1.29, 1.82) is 0 Å². The lowest BCUT2D eigenvalue weighted by atomic mass is 9.86. The summed E-state index contributed by atoms with van der Waals surface area (Å²) in [6.45, 7) is 1.69. The van der Waals surface area contributed by atoms with Crippen molar-refractivity contribution in [2.45, 2.75) is 37.2 Å². The zero-order valence-electron chi connectivity index (χ0n) is 16.6. The van der Waals surface area contributed by atoms with Crippen LogP contribution in [0.2, 0.25) is 0 Å². The molecule has 4 atom stereocenters. The van der Waals surface area contributed by atoms with Crippen molar-refractivity contribution in [3.63, 3.8) is 0 Å². The first kappa shape index (κ1) is 19.4. The Labute approximate surface area is 176 Å². The maximum absolute atomic E-state index is 13.0. The predicted octanol–water partition coefficient (Wildman–Crippen LogP) is 0.964. The van der Waals surface area contributed by atoms with E-state index in [1.165, 1.54) is 11.2 Å². The van der Waals surface area contributed by atoms with Gasteiger partial charge in [-0.2, -0.15) is 0 Å². The maximum Gasteiger partial charge on any atom is 0.326 e. The minimum Gasteiger partial charge on any atom is -0.480 e. The lowest BCUT2D eigenvalue weighted by Crippen LogP contribution is -2.51. The first-order valence-electron chi connectivity index (χ1n) is 9.92. The number of carboxylic acids is 1. The Morgan fingerprint density at radius 3 is 2.68 bits per heavy atom. The van der Waals surface area contributed by atoms with Crippen LogP contribution in [0.5, 0.6) is 0 Å². The van der Waals surface area contributed by atoms with E-state index in [2.05, 4.69) is 10.3 Å². The molecule has 2 aliphatic rings. The van der Waals surface area contributed by atoms with Crippen molar-refractivity contribution in [3.05, 3.63) is 70.8 Å². The molecule has 1 fully saturated rings. The van der Waals surface area contributed by atoms with Crippen LogP contribution >= 0.6 is 0 Å². The van der Waals surface area contributed by atoms with Gasteiger partial charge in [0.1, 0.15) is 17.8 Å². The molecule has 1 aromatic heterocycles. The van der Waals surface area contributed by atoms with Gasteiger partial charge in [-0.3, -0.25) is 24.4 Å². The number of carboxylic acid groups (broad SMARTS) is 1. The van der Waals surface area contributed by atoms with Gasteiger partial charge in [-0.25, -0.2) is 9.78 Å². The van der Waals surface area contributed by atoms with E-state index in [0.29, 0.717) is 22.2 Å². The number of para-hydroxylation sites is 2. The second-order valence-corrected chi connectivity index (χ2v) is 7.97. The van der Waals surface area contributed by atoms with Crippen LogP contribution in [-0.2, 0) is 15.2 Å². The van der Waals surface area contributed by atoms with Crippen molar-refractivity contribution < 1.29 is 19.8 Å². The molecule has 3 aromatic rings. The van der Waals surface area contributed by atoms with Gasteiger partial charge >= 0.3 is 5.97 Å². The number of hydrogen-bond acceptors (Lipinski definition) is 6. The molecule has 158 valence electrons. The van der Waals surface area contributed by atoms with Gasteiger partial charge in [0.25, 0.3) is 5.56 Å². The summed E-state index contributed by atoms with van der Waals surface area (Å²) < 4.78 is 1.04. The zero-order chi connectivity index (χ0) is 21.9. The molecule has 0 unspecified atom stereocenters. The van der Waals surface area contributed by atoms with Crippen LogP contribution in [0.4, 0.5) is 5.69 Å². The second-order valence-electron chi connectivity index (χ2n) is 7.97. The number of aliphatic carboxylic acids is 1. The van der Waals surface area contributed by atoms with Crippen LogP contribution in [-0.4, -0.2) is 43.8 Å². The third kappa shape index (κ3) is 2.70. The summed E-state index contributed by atoms with van der Waals surface area (Å²) >= 11 is 0. The summed E-state index contributed by atoms with van der Waals surface area (Å²) in [6.07, 6.45) is 0.0349. The molecular weight excluding hydrogens is 400 g/mol. The highest BCUT2D eigenvalue weighted by atomic mass is 16.4. The molecule has 1 saturated heterocycles. The van der Waals surface area contributed by atoms with E-state index in [1.807, 2.05) is 0 Å². The van der Waals surface area contributed by atoms with Gasteiger partial charge in [0.05, 0.1) is 29.0 Å². The Bertz CT molecular complexity index is 1290. The number of amides is 1. The Morgan fingerprint density at radius 1 is 1.19 bits per heavy atom. The third-order valence-electron chi connectivity index (χ3n) is 6.17. The van der Waals surface area contributed by atoms with Gasteiger partial charge in [-0.05, 0) is 25.1 Å². The second kappa shape index (κ2) is 6.73. The number of fused-ring (bicyclic) bond motifs is 4. The van der Waals surface area contributed by atoms with Crippen molar-refractivity contribution in [2.24, 2.45) is 0 Å². The maximum atomic E-state index is 13.0. The normalized spacial score (nSPS) is 25.5. The molecule has 5 rings (SSSR count). The largest absolute Gasteiger partial charge is 0.480 e. The highest BCUT2D eigenvalue weighted by Gasteiger charge is 2.58. The lowest BCUT2D eigenvalue weighted by molar-refractivity contribution is -0.144. The monoisotopic (exact) mass is 420 g/mol. The molecule has 0 aliphatic carbocycles. The standard InChI is InChI=1S/C22H20N4O5/c1-12-18(27)26-16-9-5-3-7-14(16)22(31,21(26)24-12)10-17(20(29)30)25-11-23-15-8-4-2-6-13(15)19(25)28/h2-9,11-12,17,21,24,31H,10H2,1H3,(H,29,30)/t12-,17-,21+,22+/m0/s1. The van der Waals surface area contributed by atoms with Crippen LogP contribution in [0.25, 0.3) is 10.9 Å². The predicted molar refractivity (Wildman–Crippen MR) is 112 cm³/mol. The van der Waals surface area contributed by atoms with Crippen LogP contribution in [0.3, 0.4) is 0 Å². The SMILES string of the molecule is C[C@@H]1N[C@@H]2N(C1=O)c1ccccc1[C@]2(O)C[C@@H](C(=O)O)n1cnc2ccccc2c1=O. The molecule has 0 spiro atoms. The number of hydrogen-bond donors (Lipinski definition) is 3. The highest BCUT2D eigenvalue weighted by Crippen LogP contribution is 2.48. The lowest BCUT2D eigenvalue weighted by Gasteiger charge is -2.33. The summed E-state index contributed by atoms with van der Waals surface area (Å²) in [4.78, 5) is 43.7. The van der Waals surface area contributed by atoms with Crippen LogP contribution in [0.15, 0.2) is 59.7 Å². The number of aliphatic hydroxyl groups is 1. The molecule has 31 heavy (non-hydrogen) atoms. The molecule has 0 radical (unpaired) electrons. The average Bonchev–Trinajstić information content (AvgIpc) is 3.19. The average molecular weight is 420 g/mol. The molecular formula is C22H20N4O5. The molecule has 3 heterocycles. The Kier molecular flexibility index (Phi) is 4.21. The van der Waals surface area contributed by atoms with E-state index in [4.69, 9.17) is 0 Å². The van der Waals surface area contributed by atoms with Crippen molar-refractivity contribution in [2.75, 3.05) is 4.90 Å². The fourth-order valence-electron chi connectivity index (χ4n) is 4.65. The molecule has 9 nitrogen and oxygen atoms in total. The topological polar surface area (TPSA) is 125 Å². The van der Waals surface area contributed by atoms with Crippen LogP contribution < -0.4 is 15.8 Å². The van der Waals surface area contributed by atoms with Crippen molar-refractivity contribution >= 4 is 28.5 Å². The summed E-state index contributed by atoms with van der Waals surface area (Å²) in [5.41, 5.74) is -0.786. The number of nitrogens with zero attached hydrogens (tertiary/aromatic N) is 3. The number of nitrogens with one attached hydrogen (secondary N) is 1. The van der Waals surface area contributed by atoms with Crippen LogP contribution in [0.1, 0.15) is 24.9 Å². The number of carbonyl (C=O) groups excluding carboxylic acids is 1. The summed E-state index contributed by atoms with van der Waals surface area (Å²) in [5, 5.41) is 25.1. The van der Waals surface area contributed by atoms with Gasteiger partial charge in [0, 0.05) is 12.0 Å². The fourth-order valence-corrected chi connectivity index (χ4v) is 4.65. The minimum atomic E-state index is -1.72. The zero-order valence-corrected chi connectivity index (χ0v) is 16.6. The van der Waals surface area contributed by atoms with Gasteiger partial charge < -0.3 is 10.2 Å². The molecule has 3 N–H and O–H groups in total. The first-order chi connectivity index (χ1) is 14.8. The number of benzene rings is 2. The highest BCUT2D eigenvalue weighted by molar-refractivity contribution is 6.02. The molecule has 2 aromatic carbocycles. The smallest absolute Gasteiger partial charge is 0.326 e. The summed E-state index contributed by atoms with van der Waals surface area (Å²) in [5.74, 6) is -1.48. The van der Waals surface area contributed by atoms with Gasteiger partial charge in [-0.15, -0.1) is 0 Å². The summed E-state index contributed by atoms with van der Waals surface area (Å²) in [7, 11) is 0. The van der Waals surface area contributed by atoms with Crippen molar-refractivity contribution in [1.82, 2.24) is 14.9 Å². The number of carbonyl (C=O) groups is 2. The molecule has 9 heteroatoms. The Balaban J connectivity index is 1.63. The van der Waals surface area contributed by atoms with E-state index in [-0.39, 0.29) is 12.3 Å². The third-order valence-corrected chi connectivity index (χ3v) is 6.17. The van der Waals surface area contributed by atoms with Crippen molar-refractivity contribution in [3.8, 4) is 0 Å². The van der Waals surface area contributed by atoms with Gasteiger partial charge in [0.15, 0.2) is 0 Å². The molecule has 1 amide bonds. The van der Waals surface area contributed by atoms with E-state index < -0.39 is 35.4 Å². The van der Waals surface area contributed by atoms with E-state index in [1.54, 1.807) is 55.5 Å². The fraction of sp³-hybridized carbons (Fsp3) is 0.273. The first-order valence-corrected chi connectivity index (χ1v) is 9.92. The quantitative estimate of drug-likeness (QED) is 0.574. The van der Waals surface area contributed by atoms with E-state index in [0.717, 1.165) is 4.57 Å². The van der Waals surface area contributed by atoms with Crippen LogP contribution in [0, 0.1) is 0 Å². The number of aromatic nitrogens is 2. The molecule has 0 saturated carbocycles. The minimum absolute atomic E-state index is 0.204. The van der Waals surface area contributed by atoms with E-state index in [9.17, 15) is 24.6 Å². The van der Waals surface area contributed by atoms with Gasteiger partial charge in [-0.1, -0.05) is 30.3 Å².